The third-order valence-electron chi connectivity index (χ3n) is 7.82. The van der Waals surface area contributed by atoms with Crippen LogP contribution in [0.2, 0.25) is 0 Å². The number of fused-ring (bicyclic) bond motifs is 5. The molecule has 0 aromatic heterocycles. The Morgan fingerprint density at radius 2 is 1.92 bits per heavy atom. The molecule has 6 atom stereocenters. The van der Waals surface area contributed by atoms with Crippen LogP contribution in [0.25, 0.3) is 0 Å². The maximum Gasteiger partial charge on any atom is 0.197 e. The van der Waals surface area contributed by atoms with Gasteiger partial charge >= 0.3 is 0 Å². The van der Waals surface area contributed by atoms with Gasteiger partial charge in [0.25, 0.3) is 0 Å². The monoisotopic (exact) mass is 344 g/mol. The number of hydrogen-bond acceptors (Lipinski definition) is 2. The third kappa shape index (κ3) is 1.78. The molecule has 0 bridgehead atoms. The Hall–Kier alpha value is -1.15. The Morgan fingerprint density at radius 1 is 1.21 bits per heavy atom. The molecule has 1 unspecified atom stereocenters. The Morgan fingerprint density at radius 3 is 2.62 bits per heavy atom. The number of rotatable bonds is 0. The Labute approximate surface area is 149 Å². The summed E-state index contributed by atoms with van der Waals surface area (Å²) in [6.07, 6.45) is 7.39. The van der Waals surface area contributed by atoms with Crippen molar-refractivity contribution >= 4 is 23.2 Å². The number of hydrogen-bond donors (Lipinski definition) is 0. The second-order valence-corrected chi connectivity index (χ2v) is 9.07. The van der Waals surface area contributed by atoms with Crippen LogP contribution in [-0.2, 0) is 9.59 Å². The third-order valence-corrected chi connectivity index (χ3v) is 8.19. The lowest BCUT2D eigenvalue weighted by Gasteiger charge is -2.58. The van der Waals surface area contributed by atoms with Crippen molar-refractivity contribution < 1.29 is 9.59 Å². The van der Waals surface area contributed by atoms with Gasteiger partial charge < -0.3 is 0 Å². The molecule has 3 saturated carbocycles. The molecule has 0 aliphatic heterocycles. The van der Waals surface area contributed by atoms with Crippen LogP contribution in [0.1, 0.15) is 46.5 Å². The van der Waals surface area contributed by atoms with Crippen molar-refractivity contribution in [2.45, 2.75) is 46.5 Å². The first-order chi connectivity index (χ1) is 11.2. The van der Waals surface area contributed by atoms with E-state index in [-0.39, 0.29) is 22.5 Å². The summed E-state index contributed by atoms with van der Waals surface area (Å²) in [6, 6.07) is 0. The molecule has 0 saturated heterocycles. The summed E-state index contributed by atoms with van der Waals surface area (Å²) in [5, 5.41) is 0.353. The number of ketones is 2. The SMILES string of the molecule is C=C1C2=C(Cl)C(=O)C=C[C@]2(C)[C@H]2CC[C@]3(C)C(=O)CC[C@H]3[C@@H]2C1C. The average Bonchev–Trinajstić information content (AvgIpc) is 2.84. The highest BCUT2D eigenvalue weighted by Crippen LogP contribution is 2.66. The molecule has 0 aromatic carbocycles. The highest BCUT2D eigenvalue weighted by atomic mass is 35.5. The van der Waals surface area contributed by atoms with Crippen molar-refractivity contribution in [1.82, 2.24) is 0 Å². The van der Waals surface area contributed by atoms with Crippen molar-refractivity contribution in [1.29, 1.82) is 0 Å². The first-order valence-electron chi connectivity index (χ1n) is 9.08. The number of carbonyl (C=O) groups is 2. The largest absolute Gasteiger partial charge is 0.299 e. The highest BCUT2D eigenvalue weighted by molar-refractivity contribution is 6.45. The molecule has 4 rings (SSSR count). The predicted molar refractivity (Wildman–Crippen MR) is 95.5 cm³/mol. The predicted octanol–water partition coefficient (Wildman–Crippen LogP) is 4.84. The minimum absolute atomic E-state index is 0.104. The minimum atomic E-state index is -0.230. The number of Topliss-reactive ketones (excluding diaryl/α,β-unsaturated/α-hetero) is 1. The first-order valence-corrected chi connectivity index (χ1v) is 9.46. The molecule has 0 radical (unpaired) electrons. The zero-order chi connectivity index (χ0) is 17.4. The molecule has 0 spiro atoms. The maximum absolute atomic E-state index is 12.5. The Kier molecular flexibility index (Phi) is 3.36. The fourth-order valence-electron chi connectivity index (χ4n) is 6.39. The second-order valence-electron chi connectivity index (χ2n) is 8.69. The van der Waals surface area contributed by atoms with Gasteiger partial charge in [-0.25, -0.2) is 0 Å². The van der Waals surface area contributed by atoms with E-state index in [0.717, 1.165) is 36.8 Å². The quantitative estimate of drug-likeness (QED) is 0.630. The zero-order valence-corrected chi connectivity index (χ0v) is 15.5. The van der Waals surface area contributed by atoms with Gasteiger partial charge in [-0.05, 0) is 60.2 Å². The Bertz CT molecular complexity index is 730. The zero-order valence-electron chi connectivity index (χ0n) is 14.7. The van der Waals surface area contributed by atoms with E-state index in [1.54, 1.807) is 6.08 Å². The van der Waals surface area contributed by atoms with E-state index in [1.165, 1.54) is 0 Å². The maximum atomic E-state index is 12.5. The highest BCUT2D eigenvalue weighted by Gasteiger charge is 2.61. The summed E-state index contributed by atoms with van der Waals surface area (Å²) in [4.78, 5) is 24.7. The number of halogens is 1. The van der Waals surface area contributed by atoms with Crippen LogP contribution in [-0.4, -0.2) is 11.6 Å². The van der Waals surface area contributed by atoms with Gasteiger partial charge in [0.05, 0.1) is 5.03 Å². The molecule has 0 amide bonds. The van der Waals surface area contributed by atoms with Gasteiger partial charge in [-0.1, -0.05) is 45.0 Å². The summed E-state index contributed by atoms with van der Waals surface area (Å²) in [6.45, 7) is 10.9. The van der Waals surface area contributed by atoms with Gasteiger partial charge in [0.2, 0.25) is 0 Å². The van der Waals surface area contributed by atoms with Gasteiger partial charge in [-0.15, -0.1) is 0 Å². The molecule has 4 aliphatic rings. The molecular weight excluding hydrogens is 320 g/mol. The Balaban J connectivity index is 1.86. The molecule has 2 nitrogen and oxygen atoms in total. The van der Waals surface area contributed by atoms with Crippen LogP contribution in [0.3, 0.4) is 0 Å². The van der Waals surface area contributed by atoms with Crippen LogP contribution in [0.4, 0.5) is 0 Å². The first kappa shape index (κ1) is 16.3. The van der Waals surface area contributed by atoms with Crippen LogP contribution in [0.5, 0.6) is 0 Å². The number of allylic oxidation sites excluding steroid dienone is 5. The molecule has 0 heterocycles. The molecular formula is C21H25ClO2. The average molecular weight is 345 g/mol. The summed E-state index contributed by atoms with van der Waals surface area (Å²) in [5.41, 5.74) is 1.57. The van der Waals surface area contributed by atoms with Crippen molar-refractivity contribution in [2.24, 2.45) is 34.5 Å². The normalized spacial score (nSPS) is 47.6. The van der Waals surface area contributed by atoms with E-state index in [1.807, 2.05) is 0 Å². The van der Waals surface area contributed by atoms with Gasteiger partial charge in [0.15, 0.2) is 5.78 Å². The van der Waals surface area contributed by atoms with Crippen LogP contribution < -0.4 is 0 Å². The number of carbonyl (C=O) groups excluding carboxylic acids is 2. The molecule has 0 N–H and O–H groups in total. The second kappa shape index (κ2) is 4.94. The van der Waals surface area contributed by atoms with E-state index in [0.29, 0.717) is 28.6 Å². The lowest BCUT2D eigenvalue weighted by atomic mass is 9.45. The van der Waals surface area contributed by atoms with Gasteiger partial charge in [0, 0.05) is 17.3 Å². The van der Waals surface area contributed by atoms with Crippen molar-refractivity contribution in [3.8, 4) is 0 Å². The van der Waals surface area contributed by atoms with Crippen LogP contribution >= 0.6 is 11.6 Å². The van der Waals surface area contributed by atoms with Crippen molar-refractivity contribution in [2.75, 3.05) is 0 Å². The smallest absolute Gasteiger partial charge is 0.197 e. The molecule has 0 aromatic rings. The van der Waals surface area contributed by atoms with Gasteiger partial charge in [0.1, 0.15) is 5.78 Å². The fourth-order valence-corrected chi connectivity index (χ4v) is 6.77. The van der Waals surface area contributed by atoms with E-state index in [2.05, 4.69) is 33.4 Å². The lowest BCUT2D eigenvalue weighted by molar-refractivity contribution is -0.132. The topological polar surface area (TPSA) is 34.1 Å². The standard InChI is InChI=1S/C21H25ClO2/c1-11-12(2)18-19(22)15(23)8-10-21(18,4)14-7-9-20(3)13(17(11)14)5-6-16(20)24/h8,10-11,13-14,17H,2,5-7,9H2,1,3-4H3/t11?,13-,14-,17-,20-,21+/m0/s1. The van der Waals surface area contributed by atoms with Crippen molar-refractivity contribution in [3.63, 3.8) is 0 Å². The summed E-state index contributed by atoms with van der Waals surface area (Å²) >= 11 is 6.45. The van der Waals surface area contributed by atoms with E-state index in [9.17, 15) is 9.59 Å². The van der Waals surface area contributed by atoms with Gasteiger partial charge in [-0.3, -0.25) is 9.59 Å². The van der Waals surface area contributed by atoms with Crippen molar-refractivity contribution in [3.05, 3.63) is 34.9 Å². The van der Waals surface area contributed by atoms with E-state index in [4.69, 9.17) is 11.6 Å². The summed E-state index contributed by atoms with van der Waals surface area (Å²) in [7, 11) is 0. The summed E-state index contributed by atoms with van der Waals surface area (Å²) < 4.78 is 0. The molecule has 3 fully saturated rings. The van der Waals surface area contributed by atoms with Gasteiger partial charge in [-0.2, -0.15) is 0 Å². The minimum Gasteiger partial charge on any atom is -0.299 e. The fraction of sp³-hybridized carbons (Fsp3) is 0.619. The summed E-state index contributed by atoms with van der Waals surface area (Å²) in [5.74, 6) is 1.91. The molecule has 24 heavy (non-hydrogen) atoms. The van der Waals surface area contributed by atoms with E-state index < -0.39 is 0 Å². The molecule has 3 heteroatoms. The van der Waals surface area contributed by atoms with Crippen LogP contribution in [0.15, 0.2) is 34.9 Å². The lowest BCUT2D eigenvalue weighted by Crippen LogP contribution is -2.53. The molecule has 128 valence electrons. The molecule has 4 aliphatic carbocycles. The van der Waals surface area contributed by atoms with Crippen LogP contribution in [0, 0.1) is 34.5 Å². The van der Waals surface area contributed by atoms with E-state index >= 15 is 0 Å².